The molecule has 19 heavy (non-hydrogen) atoms. The fourth-order valence-corrected chi connectivity index (χ4v) is 3.03. The van der Waals surface area contributed by atoms with E-state index in [-0.39, 0.29) is 11.0 Å². The van der Waals surface area contributed by atoms with E-state index in [9.17, 15) is 0 Å². The Labute approximate surface area is 118 Å². The van der Waals surface area contributed by atoms with Crippen molar-refractivity contribution < 1.29 is 0 Å². The first-order valence-corrected chi connectivity index (χ1v) is 7.32. The fraction of sp³-hybridized carbons (Fsp3) is 0.647. The summed E-state index contributed by atoms with van der Waals surface area (Å²) in [5.74, 6) is 0. The van der Waals surface area contributed by atoms with Crippen LogP contribution in [0.25, 0.3) is 0 Å². The Balaban J connectivity index is 2.11. The van der Waals surface area contributed by atoms with Gasteiger partial charge in [0.05, 0.1) is 0 Å². The monoisotopic (exact) mass is 260 g/mol. The van der Waals surface area contributed by atoms with Gasteiger partial charge in [0.2, 0.25) is 0 Å². The Hall–Kier alpha value is -0.860. The molecule has 1 saturated heterocycles. The Morgan fingerprint density at radius 1 is 1.21 bits per heavy atom. The van der Waals surface area contributed by atoms with Crippen LogP contribution >= 0.6 is 0 Å². The summed E-state index contributed by atoms with van der Waals surface area (Å²) in [4.78, 5) is 2.42. The highest BCUT2D eigenvalue weighted by Crippen LogP contribution is 2.26. The summed E-state index contributed by atoms with van der Waals surface area (Å²) in [6.45, 7) is 9.14. The molecule has 0 bridgehead atoms. The van der Waals surface area contributed by atoms with Crippen LogP contribution in [0.3, 0.4) is 0 Å². The number of likely N-dealkylation sites (tertiary alicyclic amines) is 1. The van der Waals surface area contributed by atoms with Crippen LogP contribution in [0, 0.1) is 0 Å². The summed E-state index contributed by atoms with van der Waals surface area (Å²) in [5.41, 5.74) is 3.36. The quantitative estimate of drug-likeness (QED) is 0.899. The van der Waals surface area contributed by atoms with Gasteiger partial charge >= 0.3 is 0 Å². The van der Waals surface area contributed by atoms with Crippen LogP contribution in [0.4, 0.5) is 0 Å². The van der Waals surface area contributed by atoms with Crippen molar-refractivity contribution in [3.63, 3.8) is 0 Å². The number of hydrogen-bond acceptors (Lipinski definition) is 2. The molecule has 2 heteroatoms. The highest BCUT2D eigenvalue weighted by Gasteiger charge is 2.35. The van der Waals surface area contributed by atoms with Crippen molar-refractivity contribution in [1.82, 2.24) is 10.2 Å². The maximum Gasteiger partial charge on any atom is 0.0358 e. The number of benzene rings is 1. The highest BCUT2D eigenvalue weighted by molar-refractivity contribution is 5.29. The molecule has 1 heterocycles. The van der Waals surface area contributed by atoms with Gasteiger partial charge in [0.15, 0.2) is 0 Å². The summed E-state index contributed by atoms with van der Waals surface area (Å²) in [6, 6.07) is 9.19. The Morgan fingerprint density at radius 2 is 1.84 bits per heavy atom. The SMILES string of the molecule is CNC1(Cc2ccc(C(C)(C)C)cc2)CCN(C)C1. The molecule has 1 N–H and O–H groups in total. The van der Waals surface area contributed by atoms with Crippen LogP contribution < -0.4 is 5.32 Å². The van der Waals surface area contributed by atoms with Crippen molar-refractivity contribution in [2.45, 2.75) is 44.6 Å². The lowest BCUT2D eigenvalue weighted by molar-refractivity contribution is 0.326. The largest absolute Gasteiger partial charge is 0.313 e. The summed E-state index contributed by atoms with van der Waals surface area (Å²) < 4.78 is 0. The fourth-order valence-electron chi connectivity index (χ4n) is 3.03. The molecule has 0 amide bonds. The van der Waals surface area contributed by atoms with Gasteiger partial charge in [0, 0.05) is 12.1 Å². The zero-order valence-electron chi connectivity index (χ0n) is 13.1. The standard InChI is InChI=1S/C17H28N2/c1-16(2,3)15-8-6-14(7-9-15)12-17(18-4)10-11-19(5)13-17/h6-9,18H,10-13H2,1-5H3. The summed E-state index contributed by atoms with van der Waals surface area (Å²) in [7, 11) is 4.31. The van der Waals surface area contributed by atoms with E-state index in [0.29, 0.717) is 0 Å². The van der Waals surface area contributed by atoms with E-state index in [1.54, 1.807) is 0 Å². The molecule has 0 spiro atoms. The number of nitrogens with zero attached hydrogens (tertiary/aromatic N) is 1. The van der Waals surface area contributed by atoms with Crippen LogP contribution in [0.5, 0.6) is 0 Å². The second-order valence-electron chi connectivity index (χ2n) is 7.14. The maximum absolute atomic E-state index is 3.56. The van der Waals surface area contributed by atoms with Crippen molar-refractivity contribution in [2.24, 2.45) is 0 Å². The summed E-state index contributed by atoms with van der Waals surface area (Å²) >= 11 is 0. The molecule has 2 rings (SSSR count). The van der Waals surface area contributed by atoms with Crippen LogP contribution in [0.2, 0.25) is 0 Å². The van der Waals surface area contributed by atoms with Gasteiger partial charge in [-0.3, -0.25) is 0 Å². The zero-order chi connectivity index (χ0) is 14.1. The molecule has 1 aliphatic heterocycles. The number of rotatable bonds is 3. The van der Waals surface area contributed by atoms with Gasteiger partial charge < -0.3 is 10.2 Å². The van der Waals surface area contributed by atoms with E-state index in [0.717, 1.165) is 13.0 Å². The average Bonchev–Trinajstić information content (AvgIpc) is 2.71. The normalized spacial score (nSPS) is 24.9. The van der Waals surface area contributed by atoms with E-state index < -0.39 is 0 Å². The van der Waals surface area contributed by atoms with Crippen molar-refractivity contribution in [1.29, 1.82) is 0 Å². The minimum absolute atomic E-state index is 0.243. The Kier molecular flexibility index (Phi) is 4.03. The van der Waals surface area contributed by atoms with Gasteiger partial charge in [0.1, 0.15) is 0 Å². The molecular weight excluding hydrogens is 232 g/mol. The van der Waals surface area contributed by atoms with Gasteiger partial charge in [-0.1, -0.05) is 45.0 Å². The molecule has 0 saturated carbocycles. The number of likely N-dealkylation sites (N-methyl/N-ethyl adjacent to an activating group) is 2. The lowest BCUT2D eigenvalue weighted by Gasteiger charge is -2.29. The van der Waals surface area contributed by atoms with Crippen molar-refractivity contribution >= 4 is 0 Å². The van der Waals surface area contributed by atoms with E-state index in [2.05, 4.69) is 69.3 Å². The third-order valence-electron chi connectivity index (χ3n) is 4.44. The van der Waals surface area contributed by atoms with E-state index in [1.165, 1.54) is 24.1 Å². The zero-order valence-corrected chi connectivity index (χ0v) is 13.1. The molecule has 1 aromatic rings. The molecule has 2 nitrogen and oxygen atoms in total. The molecule has 1 aromatic carbocycles. The Bertz CT molecular complexity index is 416. The number of hydrogen-bond donors (Lipinski definition) is 1. The van der Waals surface area contributed by atoms with E-state index >= 15 is 0 Å². The second kappa shape index (κ2) is 5.26. The maximum atomic E-state index is 3.56. The van der Waals surface area contributed by atoms with Gasteiger partial charge in [-0.15, -0.1) is 0 Å². The molecular formula is C17H28N2. The van der Waals surface area contributed by atoms with Crippen LogP contribution in [0.1, 0.15) is 38.3 Å². The predicted octanol–water partition coefficient (Wildman–Crippen LogP) is 2.82. The summed E-state index contributed by atoms with van der Waals surface area (Å²) in [6.07, 6.45) is 2.36. The lowest BCUT2D eigenvalue weighted by Crippen LogP contribution is -2.47. The van der Waals surface area contributed by atoms with Crippen LogP contribution in [0.15, 0.2) is 24.3 Å². The minimum Gasteiger partial charge on any atom is -0.313 e. The first-order chi connectivity index (χ1) is 8.85. The van der Waals surface area contributed by atoms with Crippen LogP contribution in [-0.2, 0) is 11.8 Å². The van der Waals surface area contributed by atoms with Gasteiger partial charge in [-0.25, -0.2) is 0 Å². The predicted molar refractivity (Wildman–Crippen MR) is 82.8 cm³/mol. The van der Waals surface area contributed by atoms with Crippen LogP contribution in [-0.4, -0.2) is 37.6 Å². The van der Waals surface area contributed by atoms with Crippen molar-refractivity contribution in [3.05, 3.63) is 35.4 Å². The highest BCUT2D eigenvalue weighted by atomic mass is 15.2. The molecule has 1 unspecified atom stereocenters. The van der Waals surface area contributed by atoms with E-state index in [4.69, 9.17) is 0 Å². The first kappa shape index (κ1) is 14.5. The average molecular weight is 260 g/mol. The van der Waals surface area contributed by atoms with E-state index in [1.807, 2.05) is 0 Å². The molecule has 1 atom stereocenters. The second-order valence-corrected chi connectivity index (χ2v) is 7.14. The lowest BCUT2D eigenvalue weighted by atomic mass is 9.85. The number of nitrogens with one attached hydrogen (secondary N) is 1. The van der Waals surface area contributed by atoms with Crippen molar-refractivity contribution in [2.75, 3.05) is 27.2 Å². The molecule has 106 valence electrons. The minimum atomic E-state index is 0.243. The van der Waals surface area contributed by atoms with Gasteiger partial charge in [-0.2, -0.15) is 0 Å². The van der Waals surface area contributed by atoms with Crippen molar-refractivity contribution in [3.8, 4) is 0 Å². The summed E-state index contributed by atoms with van der Waals surface area (Å²) in [5, 5.41) is 3.56. The third-order valence-corrected chi connectivity index (χ3v) is 4.44. The Morgan fingerprint density at radius 3 is 2.26 bits per heavy atom. The molecule has 0 aliphatic carbocycles. The van der Waals surface area contributed by atoms with Gasteiger partial charge in [0.25, 0.3) is 0 Å². The smallest absolute Gasteiger partial charge is 0.0358 e. The molecule has 1 fully saturated rings. The van der Waals surface area contributed by atoms with Gasteiger partial charge in [-0.05, 0) is 50.0 Å². The topological polar surface area (TPSA) is 15.3 Å². The molecule has 0 radical (unpaired) electrons. The molecule has 1 aliphatic rings. The molecule has 0 aromatic heterocycles. The first-order valence-electron chi connectivity index (χ1n) is 7.32. The third kappa shape index (κ3) is 3.37.